The lowest BCUT2D eigenvalue weighted by atomic mass is 9.71. The van der Waals surface area contributed by atoms with Gasteiger partial charge >= 0.3 is 0 Å². The first-order valence-electron chi connectivity index (χ1n) is 4.57. The molecule has 0 amide bonds. The third-order valence-electron chi connectivity index (χ3n) is 2.80. The molecule has 1 saturated carbocycles. The molecule has 0 aliphatic heterocycles. The van der Waals surface area contributed by atoms with Crippen LogP contribution in [0.15, 0.2) is 0 Å². The number of thioether (sulfide) groups is 1. The normalized spacial score (nSPS) is 30.0. The van der Waals surface area contributed by atoms with Crippen molar-refractivity contribution in [3.63, 3.8) is 0 Å². The van der Waals surface area contributed by atoms with Crippen molar-refractivity contribution in [3.8, 4) is 0 Å². The highest BCUT2D eigenvalue weighted by Gasteiger charge is 2.28. The molecule has 0 aromatic heterocycles. The Kier molecular flexibility index (Phi) is 4.31. The molecule has 0 spiro atoms. The van der Waals surface area contributed by atoms with Crippen molar-refractivity contribution in [2.75, 3.05) is 18.6 Å². The van der Waals surface area contributed by atoms with Crippen LogP contribution in [-0.2, 0) is 0 Å². The summed E-state index contributed by atoms with van der Waals surface area (Å²) in [7, 11) is 0. The predicted molar refractivity (Wildman–Crippen MR) is 52.9 cm³/mol. The fourth-order valence-corrected chi connectivity index (χ4v) is 2.27. The Labute approximate surface area is 74.1 Å². The van der Waals surface area contributed by atoms with E-state index in [0.717, 1.165) is 18.4 Å². The lowest BCUT2D eigenvalue weighted by molar-refractivity contribution is 0.171. The zero-order chi connectivity index (χ0) is 8.10. The predicted octanol–water partition coefficient (Wildman–Crippen LogP) is 2.11. The monoisotopic (exact) mass is 173 g/mol. The van der Waals surface area contributed by atoms with Crippen LogP contribution in [0.2, 0.25) is 0 Å². The largest absolute Gasteiger partial charge is 0.330 e. The van der Waals surface area contributed by atoms with Crippen molar-refractivity contribution in [1.29, 1.82) is 0 Å². The number of rotatable bonds is 5. The average molecular weight is 173 g/mol. The van der Waals surface area contributed by atoms with Crippen LogP contribution in [0, 0.1) is 11.8 Å². The maximum absolute atomic E-state index is 5.62. The summed E-state index contributed by atoms with van der Waals surface area (Å²) in [6, 6.07) is 0. The Hall–Kier alpha value is 0.310. The van der Waals surface area contributed by atoms with Gasteiger partial charge < -0.3 is 5.73 Å². The molecule has 1 nitrogen and oxygen atoms in total. The Morgan fingerprint density at radius 3 is 2.55 bits per heavy atom. The molecule has 1 rings (SSSR count). The summed E-state index contributed by atoms with van der Waals surface area (Å²) in [5.74, 6) is 3.18. The summed E-state index contributed by atoms with van der Waals surface area (Å²) in [6.45, 7) is 0.921. The SMILES string of the molecule is CSCCCC1CCC1CN. The van der Waals surface area contributed by atoms with Gasteiger partial charge in [0.05, 0.1) is 0 Å². The van der Waals surface area contributed by atoms with Crippen LogP contribution in [0.5, 0.6) is 0 Å². The molecular formula is C9H19NS. The topological polar surface area (TPSA) is 26.0 Å². The molecule has 0 bridgehead atoms. The molecule has 2 atom stereocenters. The third kappa shape index (κ3) is 2.68. The highest BCUT2D eigenvalue weighted by molar-refractivity contribution is 7.98. The molecule has 1 fully saturated rings. The molecule has 0 aromatic rings. The molecule has 1 aliphatic rings. The molecule has 1 aliphatic carbocycles. The van der Waals surface area contributed by atoms with Gasteiger partial charge in [-0.15, -0.1) is 0 Å². The van der Waals surface area contributed by atoms with E-state index in [2.05, 4.69) is 6.26 Å². The lowest BCUT2D eigenvalue weighted by Gasteiger charge is -2.35. The number of nitrogens with two attached hydrogens (primary N) is 1. The van der Waals surface area contributed by atoms with Crippen LogP contribution >= 0.6 is 11.8 Å². The fourth-order valence-electron chi connectivity index (χ4n) is 1.82. The second-order valence-corrected chi connectivity index (χ2v) is 4.45. The zero-order valence-electron chi connectivity index (χ0n) is 7.38. The van der Waals surface area contributed by atoms with Gasteiger partial charge in [0, 0.05) is 0 Å². The molecule has 2 unspecified atom stereocenters. The molecule has 0 saturated heterocycles. The van der Waals surface area contributed by atoms with E-state index in [9.17, 15) is 0 Å². The van der Waals surface area contributed by atoms with Gasteiger partial charge in [-0.2, -0.15) is 11.8 Å². The standard InChI is InChI=1S/C9H19NS/c1-11-6-2-3-8-4-5-9(8)7-10/h8-9H,2-7,10H2,1H3. The Morgan fingerprint density at radius 2 is 2.09 bits per heavy atom. The minimum absolute atomic E-state index is 0.872. The van der Waals surface area contributed by atoms with E-state index >= 15 is 0 Å². The highest BCUT2D eigenvalue weighted by Crippen LogP contribution is 2.36. The van der Waals surface area contributed by atoms with Crippen LogP contribution in [-0.4, -0.2) is 18.6 Å². The maximum atomic E-state index is 5.62. The van der Waals surface area contributed by atoms with Gasteiger partial charge in [0.1, 0.15) is 0 Å². The van der Waals surface area contributed by atoms with Gasteiger partial charge in [-0.1, -0.05) is 0 Å². The minimum atomic E-state index is 0.872. The van der Waals surface area contributed by atoms with Crippen LogP contribution in [0.4, 0.5) is 0 Å². The molecule has 11 heavy (non-hydrogen) atoms. The van der Waals surface area contributed by atoms with E-state index in [1.165, 1.54) is 31.4 Å². The van der Waals surface area contributed by atoms with E-state index in [1.54, 1.807) is 0 Å². The summed E-state index contributed by atoms with van der Waals surface area (Å²) >= 11 is 1.96. The van der Waals surface area contributed by atoms with Crippen LogP contribution in [0.1, 0.15) is 25.7 Å². The van der Waals surface area contributed by atoms with Gasteiger partial charge in [-0.3, -0.25) is 0 Å². The average Bonchev–Trinajstić information content (AvgIpc) is 1.97. The van der Waals surface area contributed by atoms with Crippen molar-refractivity contribution >= 4 is 11.8 Å². The molecule has 0 radical (unpaired) electrons. The summed E-state index contributed by atoms with van der Waals surface area (Å²) in [4.78, 5) is 0. The molecule has 0 aromatic carbocycles. The maximum Gasteiger partial charge on any atom is -0.00462 e. The Morgan fingerprint density at radius 1 is 1.36 bits per heavy atom. The summed E-state index contributed by atoms with van der Waals surface area (Å²) < 4.78 is 0. The van der Waals surface area contributed by atoms with Crippen molar-refractivity contribution in [2.45, 2.75) is 25.7 Å². The van der Waals surface area contributed by atoms with E-state index in [-0.39, 0.29) is 0 Å². The molecule has 66 valence electrons. The van der Waals surface area contributed by atoms with Crippen LogP contribution in [0.3, 0.4) is 0 Å². The van der Waals surface area contributed by atoms with Gasteiger partial charge in [0.2, 0.25) is 0 Å². The van der Waals surface area contributed by atoms with Crippen molar-refractivity contribution < 1.29 is 0 Å². The Bertz CT molecular complexity index is 104. The quantitative estimate of drug-likeness (QED) is 0.644. The van der Waals surface area contributed by atoms with E-state index in [1.807, 2.05) is 11.8 Å². The van der Waals surface area contributed by atoms with Crippen LogP contribution < -0.4 is 5.73 Å². The Balaban J connectivity index is 1.98. The molecular weight excluding hydrogens is 154 g/mol. The first-order valence-corrected chi connectivity index (χ1v) is 5.97. The third-order valence-corrected chi connectivity index (χ3v) is 3.50. The highest BCUT2D eigenvalue weighted by atomic mass is 32.2. The first kappa shape index (κ1) is 9.40. The van der Waals surface area contributed by atoms with Gasteiger partial charge in [-0.05, 0) is 56.1 Å². The van der Waals surface area contributed by atoms with Gasteiger partial charge in [-0.25, -0.2) is 0 Å². The number of hydrogen-bond donors (Lipinski definition) is 1. The van der Waals surface area contributed by atoms with E-state index < -0.39 is 0 Å². The van der Waals surface area contributed by atoms with Gasteiger partial charge in [0.15, 0.2) is 0 Å². The van der Waals surface area contributed by atoms with Crippen molar-refractivity contribution in [2.24, 2.45) is 17.6 Å². The van der Waals surface area contributed by atoms with Crippen molar-refractivity contribution in [3.05, 3.63) is 0 Å². The lowest BCUT2D eigenvalue weighted by Crippen LogP contribution is -2.32. The molecule has 2 heteroatoms. The summed E-state index contributed by atoms with van der Waals surface area (Å²) in [6.07, 6.45) is 7.82. The molecule has 2 N–H and O–H groups in total. The number of hydrogen-bond acceptors (Lipinski definition) is 2. The van der Waals surface area contributed by atoms with E-state index in [4.69, 9.17) is 5.73 Å². The zero-order valence-corrected chi connectivity index (χ0v) is 8.20. The fraction of sp³-hybridized carbons (Fsp3) is 1.00. The summed E-state index contributed by atoms with van der Waals surface area (Å²) in [5, 5.41) is 0. The smallest absolute Gasteiger partial charge is 0.00462 e. The first-order chi connectivity index (χ1) is 5.38. The second-order valence-electron chi connectivity index (χ2n) is 3.47. The van der Waals surface area contributed by atoms with Crippen molar-refractivity contribution in [1.82, 2.24) is 0 Å². The molecule has 0 heterocycles. The summed E-state index contributed by atoms with van der Waals surface area (Å²) in [5.41, 5.74) is 5.62. The van der Waals surface area contributed by atoms with Gasteiger partial charge in [0.25, 0.3) is 0 Å². The second kappa shape index (κ2) is 5.04. The van der Waals surface area contributed by atoms with Crippen LogP contribution in [0.25, 0.3) is 0 Å². The van der Waals surface area contributed by atoms with E-state index in [0.29, 0.717) is 0 Å². The minimum Gasteiger partial charge on any atom is -0.330 e.